The molecule has 11 heavy (non-hydrogen) atoms. The second-order valence-electron chi connectivity index (χ2n) is 3.16. The predicted octanol–water partition coefficient (Wildman–Crippen LogP) is 1.70. The Morgan fingerprint density at radius 1 is 1.55 bits per heavy atom. The van der Waals surface area contributed by atoms with E-state index in [4.69, 9.17) is 4.74 Å². The third-order valence-corrected chi connectivity index (χ3v) is 2.48. The molecule has 1 rings (SSSR count). The molecule has 1 aliphatic heterocycles. The van der Waals surface area contributed by atoms with Gasteiger partial charge in [0.2, 0.25) is 0 Å². The monoisotopic (exact) mass is 156 g/mol. The molecule has 0 aromatic rings. The zero-order chi connectivity index (χ0) is 8.43. The number of hydrogen-bond donors (Lipinski definition) is 1. The highest BCUT2D eigenvalue weighted by molar-refractivity contribution is 5.13. The van der Waals surface area contributed by atoms with E-state index < -0.39 is 0 Å². The summed E-state index contributed by atoms with van der Waals surface area (Å²) >= 11 is 0. The van der Waals surface area contributed by atoms with Gasteiger partial charge in [0, 0.05) is 5.92 Å². The summed E-state index contributed by atoms with van der Waals surface area (Å²) in [5, 5.41) is 9.67. The Hall–Kier alpha value is -0.500. The predicted molar refractivity (Wildman–Crippen MR) is 44.1 cm³/mol. The summed E-state index contributed by atoms with van der Waals surface area (Å²) < 4.78 is 5.38. The van der Waals surface area contributed by atoms with Gasteiger partial charge in [0.05, 0.1) is 18.5 Å². The smallest absolute Gasteiger partial charge is 0.0944 e. The Bertz CT molecular complexity index is 172. The molecular weight excluding hydrogens is 140 g/mol. The molecule has 1 heterocycles. The average molecular weight is 156 g/mol. The maximum atomic E-state index is 9.67. The van der Waals surface area contributed by atoms with Gasteiger partial charge in [-0.3, -0.25) is 0 Å². The molecule has 0 radical (unpaired) electrons. The van der Waals surface area contributed by atoms with Gasteiger partial charge in [0.15, 0.2) is 0 Å². The quantitative estimate of drug-likeness (QED) is 0.626. The van der Waals surface area contributed by atoms with Crippen LogP contribution < -0.4 is 0 Å². The van der Waals surface area contributed by atoms with E-state index in [1.165, 1.54) is 0 Å². The summed E-state index contributed by atoms with van der Waals surface area (Å²) in [4.78, 5) is 0. The first-order chi connectivity index (χ1) is 5.16. The van der Waals surface area contributed by atoms with Gasteiger partial charge in [0.25, 0.3) is 0 Å². The highest BCUT2D eigenvalue weighted by Gasteiger charge is 2.25. The third kappa shape index (κ3) is 1.56. The van der Waals surface area contributed by atoms with Crippen molar-refractivity contribution in [3.8, 4) is 0 Å². The van der Waals surface area contributed by atoms with E-state index in [9.17, 15) is 5.11 Å². The Morgan fingerprint density at radius 2 is 2.18 bits per heavy atom. The van der Waals surface area contributed by atoms with Crippen molar-refractivity contribution in [1.29, 1.82) is 0 Å². The molecule has 0 amide bonds. The van der Waals surface area contributed by atoms with Gasteiger partial charge >= 0.3 is 0 Å². The van der Waals surface area contributed by atoms with Gasteiger partial charge in [-0.15, -0.1) is 0 Å². The summed E-state index contributed by atoms with van der Waals surface area (Å²) in [6.45, 7) is 6.58. The van der Waals surface area contributed by atoms with Gasteiger partial charge in [-0.25, -0.2) is 0 Å². The lowest BCUT2D eigenvalue weighted by Gasteiger charge is -2.29. The second-order valence-corrected chi connectivity index (χ2v) is 3.16. The van der Waals surface area contributed by atoms with Crippen LogP contribution in [0.3, 0.4) is 0 Å². The van der Waals surface area contributed by atoms with E-state index in [2.05, 4.69) is 6.92 Å². The summed E-state index contributed by atoms with van der Waals surface area (Å²) in [5.74, 6) is 1.18. The van der Waals surface area contributed by atoms with E-state index in [1.54, 1.807) is 0 Å². The molecule has 2 unspecified atom stereocenters. The minimum Gasteiger partial charge on any atom is -0.498 e. The molecule has 1 aliphatic rings. The molecule has 0 aromatic heterocycles. The first-order valence-corrected chi connectivity index (χ1v) is 4.15. The lowest BCUT2D eigenvalue weighted by Crippen LogP contribution is -2.30. The molecule has 0 aromatic carbocycles. The molecule has 0 saturated carbocycles. The summed E-state index contributed by atoms with van der Waals surface area (Å²) in [6.07, 6.45) is 0.694. The van der Waals surface area contributed by atoms with Crippen molar-refractivity contribution in [3.05, 3.63) is 11.3 Å². The third-order valence-electron chi connectivity index (χ3n) is 2.48. The van der Waals surface area contributed by atoms with Crippen molar-refractivity contribution in [3.63, 3.8) is 0 Å². The molecule has 64 valence electrons. The van der Waals surface area contributed by atoms with Crippen LogP contribution in [0, 0.1) is 5.92 Å². The lowest BCUT2D eigenvalue weighted by molar-refractivity contribution is 0.0416. The summed E-state index contributed by atoms with van der Waals surface area (Å²) in [5.41, 5.74) is 0.989. The number of allylic oxidation sites excluding steroid dienone is 1. The van der Waals surface area contributed by atoms with Crippen molar-refractivity contribution in [2.45, 2.75) is 33.3 Å². The highest BCUT2D eigenvalue weighted by atomic mass is 16.5. The Labute approximate surface area is 67.9 Å². The standard InChI is InChI=1S/C9H16O2/c1-4-8-5-11-7(3)6(2)9(8)10/h8-10H,4-5H2,1-3H3. The number of ether oxygens (including phenoxy) is 1. The number of aliphatic hydroxyl groups excluding tert-OH is 1. The molecule has 0 saturated heterocycles. The highest BCUT2D eigenvalue weighted by Crippen LogP contribution is 2.25. The van der Waals surface area contributed by atoms with E-state index in [1.807, 2.05) is 13.8 Å². The molecule has 0 spiro atoms. The van der Waals surface area contributed by atoms with Gasteiger partial charge in [0.1, 0.15) is 0 Å². The van der Waals surface area contributed by atoms with Crippen LogP contribution in [-0.2, 0) is 4.74 Å². The minimum atomic E-state index is -0.284. The summed E-state index contributed by atoms with van der Waals surface area (Å²) in [7, 11) is 0. The van der Waals surface area contributed by atoms with Crippen LogP contribution in [0.25, 0.3) is 0 Å². The molecular formula is C9H16O2. The van der Waals surface area contributed by atoms with E-state index in [0.717, 1.165) is 17.8 Å². The summed E-state index contributed by atoms with van der Waals surface area (Å²) in [6, 6.07) is 0. The maximum Gasteiger partial charge on any atom is 0.0944 e. The Morgan fingerprint density at radius 3 is 2.73 bits per heavy atom. The molecule has 0 fully saturated rings. The van der Waals surface area contributed by atoms with Gasteiger partial charge in [-0.2, -0.15) is 0 Å². The topological polar surface area (TPSA) is 29.5 Å². The van der Waals surface area contributed by atoms with Crippen LogP contribution in [-0.4, -0.2) is 17.8 Å². The normalized spacial score (nSPS) is 32.0. The molecule has 2 nitrogen and oxygen atoms in total. The van der Waals surface area contributed by atoms with E-state index in [-0.39, 0.29) is 6.10 Å². The number of aliphatic hydroxyl groups is 1. The van der Waals surface area contributed by atoms with Crippen LogP contribution in [0.1, 0.15) is 27.2 Å². The fourth-order valence-corrected chi connectivity index (χ4v) is 1.34. The van der Waals surface area contributed by atoms with Crippen molar-refractivity contribution in [1.82, 2.24) is 0 Å². The first kappa shape index (κ1) is 8.60. The average Bonchev–Trinajstić information content (AvgIpc) is 2.01. The molecule has 2 atom stereocenters. The van der Waals surface area contributed by atoms with Crippen molar-refractivity contribution >= 4 is 0 Å². The minimum absolute atomic E-state index is 0.284. The Kier molecular flexibility index (Phi) is 2.55. The van der Waals surface area contributed by atoms with Crippen molar-refractivity contribution < 1.29 is 9.84 Å². The van der Waals surface area contributed by atoms with Gasteiger partial charge in [-0.1, -0.05) is 6.92 Å². The number of rotatable bonds is 1. The SMILES string of the molecule is CCC1COC(C)=C(C)C1O. The Balaban J connectivity index is 2.73. The van der Waals surface area contributed by atoms with E-state index >= 15 is 0 Å². The van der Waals surface area contributed by atoms with Crippen molar-refractivity contribution in [2.24, 2.45) is 5.92 Å². The second kappa shape index (κ2) is 3.26. The van der Waals surface area contributed by atoms with Crippen LogP contribution in [0.2, 0.25) is 0 Å². The van der Waals surface area contributed by atoms with Crippen LogP contribution in [0.5, 0.6) is 0 Å². The van der Waals surface area contributed by atoms with Crippen LogP contribution in [0.15, 0.2) is 11.3 Å². The fraction of sp³-hybridized carbons (Fsp3) is 0.778. The molecule has 1 N–H and O–H groups in total. The van der Waals surface area contributed by atoms with E-state index in [0.29, 0.717) is 12.5 Å². The largest absolute Gasteiger partial charge is 0.498 e. The fourth-order valence-electron chi connectivity index (χ4n) is 1.34. The van der Waals surface area contributed by atoms with Crippen molar-refractivity contribution in [2.75, 3.05) is 6.61 Å². The zero-order valence-corrected chi connectivity index (χ0v) is 7.42. The maximum absolute atomic E-state index is 9.67. The van der Waals surface area contributed by atoms with Gasteiger partial charge < -0.3 is 9.84 Å². The molecule has 2 heteroatoms. The first-order valence-electron chi connectivity index (χ1n) is 4.15. The van der Waals surface area contributed by atoms with Crippen LogP contribution in [0.4, 0.5) is 0 Å². The lowest BCUT2D eigenvalue weighted by atomic mass is 9.92. The van der Waals surface area contributed by atoms with Crippen LogP contribution >= 0.6 is 0 Å². The molecule has 0 aliphatic carbocycles. The zero-order valence-electron chi connectivity index (χ0n) is 7.42. The molecule has 0 bridgehead atoms. The number of hydrogen-bond acceptors (Lipinski definition) is 2. The van der Waals surface area contributed by atoms with Gasteiger partial charge in [-0.05, 0) is 25.8 Å².